The van der Waals surface area contributed by atoms with Crippen molar-refractivity contribution in [1.82, 2.24) is 5.32 Å². The van der Waals surface area contributed by atoms with Crippen LogP contribution in [0.3, 0.4) is 0 Å². The molecule has 0 spiro atoms. The van der Waals surface area contributed by atoms with Crippen LogP contribution in [-0.4, -0.2) is 31.7 Å². The Morgan fingerprint density at radius 1 is 1.28 bits per heavy atom. The number of carbonyl (C=O) groups excluding carboxylic acids is 1. The lowest BCUT2D eigenvalue weighted by Crippen LogP contribution is -2.36. The number of esters is 1. The Kier molecular flexibility index (Phi) is 5.65. The van der Waals surface area contributed by atoms with E-state index in [0.717, 1.165) is 31.9 Å². The standard InChI is InChI=1S/C19H23N3O6S/c1-11-17(29(2,26)27)15(13-9-5-6-10-14(13)22(24)25)16(18(20)21-11)19(23)28-12-7-3-4-8-12/h5-6,9-10,12,15,21H,3-4,7-8,20H2,1-2H3. The summed E-state index contributed by atoms with van der Waals surface area (Å²) in [6.07, 6.45) is 4.03. The molecular weight excluding hydrogens is 398 g/mol. The van der Waals surface area contributed by atoms with Gasteiger partial charge in [-0.15, -0.1) is 0 Å². The van der Waals surface area contributed by atoms with Gasteiger partial charge in [-0.1, -0.05) is 18.2 Å². The summed E-state index contributed by atoms with van der Waals surface area (Å²) >= 11 is 0. The number of hydrogen-bond acceptors (Lipinski definition) is 8. The Morgan fingerprint density at radius 3 is 2.48 bits per heavy atom. The minimum atomic E-state index is -3.83. The third-order valence-electron chi connectivity index (χ3n) is 5.17. The Balaban J connectivity index is 2.19. The van der Waals surface area contributed by atoms with Gasteiger partial charge in [-0.05, 0) is 32.6 Å². The van der Waals surface area contributed by atoms with Gasteiger partial charge in [0.05, 0.1) is 21.3 Å². The summed E-state index contributed by atoms with van der Waals surface area (Å²) in [6.45, 7) is 1.50. The Bertz CT molecular complexity index is 1020. The molecule has 156 valence electrons. The second kappa shape index (κ2) is 7.86. The van der Waals surface area contributed by atoms with E-state index in [1.165, 1.54) is 25.1 Å². The zero-order valence-corrected chi connectivity index (χ0v) is 17.0. The number of allylic oxidation sites excluding steroid dienone is 2. The number of dihydropyridines is 1. The van der Waals surface area contributed by atoms with Crippen LogP contribution in [0.1, 0.15) is 44.1 Å². The molecule has 9 nitrogen and oxygen atoms in total. The van der Waals surface area contributed by atoms with Crippen LogP contribution >= 0.6 is 0 Å². The van der Waals surface area contributed by atoms with Crippen LogP contribution in [0.5, 0.6) is 0 Å². The van der Waals surface area contributed by atoms with Gasteiger partial charge < -0.3 is 15.8 Å². The molecule has 1 saturated carbocycles. The van der Waals surface area contributed by atoms with Crippen molar-refractivity contribution >= 4 is 21.5 Å². The first-order valence-electron chi connectivity index (χ1n) is 9.23. The van der Waals surface area contributed by atoms with Crippen LogP contribution in [0, 0.1) is 10.1 Å². The average Bonchev–Trinajstić information content (AvgIpc) is 3.12. The van der Waals surface area contributed by atoms with Crippen molar-refractivity contribution in [2.24, 2.45) is 5.73 Å². The summed E-state index contributed by atoms with van der Waals surface area (Å²) in [6, 6.07) is 5.73. The Labute approximate surface area is 168 Å². The molecule has 1 aromatic carbocycles. The van der Waals surface area contributed by atoms with E-state index in [-0.39, 0.29) is 39.4 Å². The summed E-state index contributed by atoms with van der Waals surface area (Å²) in [5.74, 6) is -2.07. The van der Waals surface area contributed by atoms with Crippen LogP contribution in [0.4, 0.5) is 5.69 Å². The van der Waals surface area contributed by atoms with Crippen molar-refractivity contribution in [3.8, 4) is 0 Å². The minimum Gasteiger partial charge on any atom is -0.459 e. The van der Waals surface area contributed by atoms with Crippen molar-refractivity contribution in [3.05, 3.63) is 61.9 Å². The number of nitro groups is 1. The highest BCUT2D eigenvalue weighted by Gasteiger charge is 2.42. The van der Waals surface area contributed by atoms with E-state index in [9.17, 15) is 23.3 Å². The fraction of sp³-hybridized carbons (Fsp3) is 0.421. The first-order valence-corrected chi connectivity index (χ1v) is 11.1. The fourth-order valence-electron chi connectivity index (χ4n) is 3.97. The molecule has 1 fully saturated rings. The number of nitrogens with one attached hydrogen (secondary N) is 1. The van der Waals surface area contributed by atoms with Gasteiger partial charge in [-0.2, -0.15) is 0 Å². The van der Waals surface area contributed by atoms with E-state index in [2.05, 4.69) is 5.32 Å². The quantitative estimate of drug-likeness (QED) is 0.419. The van der Waals surface area contributed by atoms with Crippen LogP contribution in [0.2, 0.25) is 0 Å². The summed E-state index contributed by atoms with van der Waals surface area (Å²) in [7, 11) is -3.83. The summed E-state index contributed by atoms with van der Waals surface area (Å²) in [4.78, 5) is 23.9. The molecule has 0 radical (unpaired) electrons. The number of carbonyl (C=O) groups is 1. The summed E-state index contributed by atoms with van der Waals surface area (Å²) in [5, 5.41) is 14.3. The lowest BCUT2D eigenvalue weighted by atomic mass is 9.86. The number of para-hydroxylation sites is 1. The van der Waals surface area contributed by atoms with E-state index in [1.54, 1.807) is 6.07 Å². The number of rotatable bonds is 5. The average molecular weight is 421 g/mol. The predicted molar refractivity (Wildman–Crippen MR) is 106 cm³/mol. The Morgan fingerprint density at radius 2 is 1.90 bits per heavy atom. The maximum atomic E-state index is 13.0. The van der Waals surface area contributed by atoms with Gasteiger partial charge in [0.15, 0.2) is 9.84 Å². The maximum Gasteiger partial charge on any atom is 0.338 e. The van der Waals surface area contributed by atoms with Gasteiger partial charge in [0.25, 0.3) is 5.69 Å². The monoisotopic (exact) mass is 421 g/mol. The molecule has 0 amide bonds. The highest BCUT2D eigenvalue weighted by atomic mass is 32.2. The largest absolute Gasteiger partial charge is 0.459 e. The molecule has 10 heteroatoms. The number of hydrogen-bond donors (Lipinski definition) is 2. The Hall–Kier alpha value is -2.88. The lowest BCUT2D eigenvalue weighted by molar-refractivity contribution is -0.385. The van der Waals surface area contributed by atoms with Crippen molar-refractivity contribution in [2.75, 3.05) is 6.26 Å². The second-order valence-corrected chi connectivity index (χ2v) is 9.26. The molecule has 1 aromatic rings. The highest BCUT2D eigenvalue weighted by Crippen LogP contribution is 2.43. The minimum absolute atomic E-state index is 0.0685. The third-order valence-corrected chi connectivity index (χ3v) is 6.51. The number of nitrogens with two attached hydrogens (primary N) is 1. The molecule has 1 aliphatic heterocycles. The molecule has 0 aromatic heterocycles. The molecule has 0 saturated heterocycles. The van der Waals surface area contributed by atoms with Crippen LogP contribution < -0.4 is 11.1 Å². The molecule has 1 aliphatic carbocycles. The van der Waals surface area contributed by atoms with E-state index in [1.807, 2.05) is 0 Å². The molecular formula is C19H23N3O6S. The molecule has 1 heterocycles. The predicted octanol–water partition coefficient (Wildman–Crippen LogP) is 2.21. The molecule has 3 rings (SSSR count). The molecule has 3 N–H and O–H groups in total. The molecule has 2 aliphatic rings. The summed E-state index contributed by atoms with van der Waals surface area (Å²) in [5.41, 5.74) is 5.93. The van der Waals surface area contributed by atoms with Gasteiger partial charge in [0.1, 0.15) is 11.9 Å². The molecule has 1 unspecified atom stereocenters. The number of ether oxygens (including phenoxy) is 1. The first-order chi connectivity index (χ1) is 13.6. The van der Waals surface area contributed by atoms with Crippen molar-refractivity contribution < 1.29 is 22.9 Å². The molecule has 1 atom stereocenters. The van der Waals surface area contributed by atoms with E-state index >= 15 is 0 Å². The number of nitro benzene ring substituents is 1. The van der Waals surface area contributed by atoms with Gasteiger partial charge in [-0.3, -0.25) is 10.1 Å². The normalized spacial score (nSPS) is 20.6. The van der Waals surface area contributed by atoms with Gasteiger partial charge >= 0.3 is 5.97 Å². The first kappa shape index (κ1) is 20.8. The van der Waals surface area contributed by atoms with Crippen LogP contribution in [-0.2, 0) is 19.4 Å². The lowest BCUT2D eigenvalue weighted by Gasteiger charge is -2.30. The topological polar surface area (TPSA) is 142 Å². The zero-order valence-electron chi connectivity index (χ0n) is 16.2. The number of nitrogens with zero attached hydrogens (tertiary/aromatic N) is 1. The third kappa shape index (κ3) is 4.12. The SMILES string of the molecule is CC1=C(S(C)(=O)=O)C(c2ccccc2[N+](=O)[O-])C(C(=O)OC2CCCC2)=C(N)N1. The summed E-state index contributed by atoms with van der Waals surface area (Å²) < 4.78 is 30.8. The van der Waals surface area contributed by atoms with Crippen LogP contribution in [0.15, 0.2) is 46.3 Å². The van der Waals surface area contributed by atoms with E-state index in [4.69, 9.17) is 10.5 Å². The second-order valence-electron chi connectivity index (χ2n) is 7.27. The van der Waals surface area contributed by atoms with Crippen LogP contribution in [0.25, 0.3) is 0 Å². The molecule has 0 bridgehead atoms. The van der Waals surface area contributed by atoms with E-state index in [0.29, 0.717) is 0 Å². The smallest absolute Gasteiger partial charge is 0.338 e. The van der Waals surface area contributed by atoms with Crippen molar-refractivity contribution in [2.45, 2.75) is 44.6 Å². The maximum absolute atomic E-state index is 13.0. The van der Waals surface area contributed by atoms with Crippen molar-refractivity contribution in [1.29, 1.82) is 0 Å². The van der Waals surface area contributed by atoms with Gasteiger partial charge in [0.2, 0.25) is 0 Å². The van der Waals surface area contributed by atoms with E-state index < -0.39 is 26.6 Å². The van der Waals surface area contributed by atoms with Crippen molar-refractivity contribution in [3.63, 3.8) is 0 Å². The van der Waals surface area contributed by atoms with Gasteiger partial charge in [-0.25, -0.2) is 13.2 Å². The fourth-order valence-corrected chi connectivity index (χ4v) is 5.25. The van der Waals surface area contributed by atoms with Gasteiger partial charge in [0, 0.05) is 23.6 Å². The number of benzene rings is 1. The molecule has 29 heavy (non-hydrogen) atoms. The zero-order chi connectivity index (χ0) is 21.3. The number of sulfone groups is 1. The highest BCUT2D eigenvalue weighted by molar-refractivity contribution is 7.94.